The smallest absolute Gasteiger partial charge is 0.257 e. The van der Waals surface area contributed by atoms with E-state index in [9.17, 15) is 14.4 Å². The van der Waals surface area contributed by atoms with Crippen molar-refractivity contribution in [3.8, 4) is 11.5 Å². The molecule has 0 unspecified atom stereocenters. The monoisotopic (exact) mass is 517 g/mol. The zero-order valence-electron chi connectivity index (χ0n) is 21.7. The number of para-hydroxylation sites is 1. The normalized spacial score (nSPS) is 13.0. The molecule has 10 heteroatoms. The van der Waals surface area contributed by atoms with E-state index < -0.39 is 0 Å². The number of likely N-dealkylation sites (N-methyl/N-ethyl adjacent to an activating group) is 1. The van der Waals surface area contributed by atoms with E-state index in [0.29, 0.717) is 54.5 Å². The third-order valence-electron chi connectivity index (χ3n) is 6.41. The largest absolute Gasteiger partial charge is 0.493 e. The van der Waals surface area contributed by atoms with E-state index in [-0.39, 0.29) is 24.3 Å². The van der Waals surface area contributed by atoms with E-state index in [2.05, 4.69) is 15.2 Å². The highest BCUT2D eigenvalue weighted by Gasteiger charge is 2.26. The molecule has 4 rings (SSSR count). The first-order chi connectivity index (χ1) is 18.4. The molecule has 1 aromatic heterocycles. The number of amides is 3. The van der Waals surface area contributed by atoms with Gasteiger partial charge in [0.15, 0.2) is 11.5 Å². The standard InChI is InChI=1S/C28H31N5O5/c1-31(28(36)20-8-9-24(37-2)25(18-20)38-3)19-26(34)33-16-14-32(15-17-33)23-7-5-4-6-22(23)27(35)30-21-10-12-29-13-11-21/h4-13,18H,14-17,19H2,1-3H3,(H,29,30,35). The molecule has 1 N–H and O–H groups in total. The Morgan fingerprint density at radius 2 is 1.61 bits per heavy atom. The molecule has 38 heavy (non-hydrogen) atoms. The van der Waals surface area contributed by atoms with Crippen LogP contribution in [0.15, 0.2) is 67.0 Å². The lowest BCUT2D eigenvalue weighted by Gasteiger charge is -2.37. The van der Waals surface area contributed by atoms with Gasteiger partial charge >= 0.3 is 0 Å². The Bertz CT molecular complexity index is 1290. The fraction of sp³-hybridized carbons (Fsp3) is 0.286. The Hall–Kier alpha value is -4.60. The first-order valence-electron chi connectivity index (χ1n) is 12.2. The minimum absolute atomic E-state index is 0.0435. The van der Waals surface area contributed by atoms with Crippen LogP contribution in [0.2, 0.25) is 0 Å². The Balaban J connectivity index is 1.35. The minimum Gasteiger partial charge on any atom is -0.493 e. The van der Waals surface area contributed by atoms with Crippen LogP contribution in [0.25, 0.3) is 0 Å². The van der Waals surface area contributed by atoms with Crippen molar-refractivity contribution in [1.82, 2.24) is 14.8 Å². The third-order valence-corrected chi connectivity index (χ3v) is 6.41. The molecule has 1 fully saturated rings. The number of hydrogen-bond donors (Lipinski definition) is 1. The Labute approximate surface area is 221 Å². The van der Waals surface area contributed by atoms with Crippen molar-refractivity contribution in [2.45, 2.75) is 0 Å². The number of hydrogen-bond acceptors (Lipinski definition) is 7. The second-order valence-electron chi connectivity index (χ2n) is 8.81. The second kappa shape index (κ2) is 12.1. The summed E-state index contributed by atoms with van der Waals surface area (Å²) in [5, 5.41) is 2.90. The maximum absolute atomic E-state index is 13.0. The molecule has 0 radical (unpaired) electrons. The summed E-state index contributed by atoms with van der Waals surface area (Å²) < 4.78 is 10.5. The number of methoxy groups -OCH3 is 2. The van der Waals surface area contributed by atoms with E-state index in [1.54, 1.807) is 60.7 Å². The van der Waals surface area contributed by atoms with Crippen molar-refractivity contribution in [3.05, 3.63) is 78.1 Å². The average molecular weight is 518 g/mol. The zero-order chi connectivity index (χ0) is 27.1. The second-order valence-corrected chi connectivity index (χ2v) is 8.81. The van der Waals surface area contributed by atoms with E-state index in [1.165, 1.54) is 19.1 Å². The SMILES string of the molecule is COc1ccc(C(=O)N(C)CC(=O)N2CCN(c3ccccc3C(=O)Nc3ccncc3)CC2)cc1OC. The molecule has 1 saturated heterocycles. The third kappa shape index (κ3) is 6.03. The maximum atomic E-state index is 13.0. The quantitative estimate of drug-likeness (QED) is 0.490. The number of nitrogens with zero attached hydrogens (tertiary/aromatic N) is 4. The number of anilines is 2. The lowest BCUT2D eigenvalue weighted by Crippen LogP contribution is -2.51. The van der Waals surface area contributed by atoms with Crippen LogP contribution < -0.4 is 19.7 Å². The summed E-state index contributed by atoms with van der Waals surface area (Å²) in [7, 11) is 4.63. The molecular formula is C28H31N5O5. The first kappa shape index (κ1) is 26.5. The molecule has 1 aliphatic heterocycles. The highest BCUT2D eigenvalue weighted by molar-refractivity contribution is 6.08. The molecule has 0 bridgehead atoms. The molecule has 1 aliphatic rings. The van der Waals surface area contributed by atoms with Crippen LogP contribution in [-0.4, -0.2) is 86.5 Å². The number of carbonyl (C=O) groups excluding carboxylic acids is 3. The molecule has 198 valence electrons. The van der Waals surface area contributed by atoms with Crippen LogP contribution in [0.3, 0.4) is 0 Å². The fourth-order valence-corrected chi connectivity index (χ4v) is 4.34. The first-order valence-corrected chi connectivity index (χ1v) is 12.2. The van der Waals surface area contributed by atoms with E-state index in [1.807, 2.05) is 18.2 Å². The molecule has 0 aliphatic carbocycles. The van der Waals surface area contributed by atoms with Gasteiger partial charge in [-0.25, -0.2) is 0 Å². The molecule has 3 amide bonds. The van der Waals surface area contributed by atoms with Crippen molar-refractivity contribution >= 4 is 29.1 Å². The highest BCUT2D eigenvalue weighted by Crippen LogP contribution is 2.28. The molecule has 0 atom stereocenters. The van der Waals surface area contributed by atoms with Crippen LogP contribution in [0.5, 0.6) is 11.5 Å². The van der Waals surface area contributed by atoms with Gasteiger partial charge in [0.05, 0.1) is 26.3 Å². The predicted octanol–water partition coefficient (Wildman–Crippen LogP) is 2.77. The highest BCUT2D eigenvalue weighted by atomic mass is 16.5. The number of ether oxygens (including phenoxy) is 2. The Kier molecular flexibility index (Phi) is 8.42. The summed E-state index contributed by atoms with van der Waals surface area (Å²) in [6.07, 6.45) is 3.24. The van der Waals surface area contributed by atoms with Crippen LogP contribution in [0.4, 0.5) is 11.4 Å². The van der Waals surface area contributed by atoms with Gasteiger partial charge in [-0.1, -0.05) is 12.1 Å². The van der Waals surface area contributed by atoms with Crippen molar-refractivity contribution < 1.29 is 23.9 Å². The van der Waals surface area contributed by atoms with Gasteiger partial charge in [0, 0.05) is 62.6 Å². The van der Waals surface area contributed by atoms with Crippen LogP contribution >= 0.6 is 0 Å². The number of aromatic nitrogens is 1. The van der Waals surface area contributed by atoms with Crippen LogP contribution in [0, 0.1) is 0 Å². The van der Waals surface area contributed by atoms with Gasteiger partial charge in [0.2, 0.25) is 5.91 Å². The molecule has 3 aromatic rings. The number of benzene rings is 2. The van der Waals surface area contributed by atoms with E-state index >= 15 is 0 Å². The van der Waals surface area contributed by atoms with Crippen LogP contribution in [0.1, 0.15) is 20.7 Å². The predicted molar refractivity (Wildman–Crippen MR) is 144 cm³/mol. The van der Waals surface area contributed by atoms with Gasteiger partial charge in [-0.05, 0) is 42.5 Å². The average Bonchev–Trinajstić information content (AvgIpc) is 2.96. The Morgan fingerprint density at radius 3 is 2.29 bits per heavy atom. The minimum atomic E-state index is -0.285. The van der Waals surface area contributed by atoms with Crippen molar-refractivity contribution in [2.24, 2.45) is 0 Å². The van der Waals surface area contributed by atoms with Gasteiger partial charge < -0.3 is 29.5 Å². The molecule has 0 spiro atoms. The lowest BCUT2D eigenvalue weighted by atomic mass is 10.1. The summed E-state index contributed by atoms with van der Waals surface area (Å²) in [6, 6.07) is 15.8. The van der Waals surface area contributed by atoms with E-state index in [0.717, 1.165) is 5.69 Å². The lowest BCUT2D eigenvalue weighted by molar-refractivity contribution is -0.131. The Morgan fingerprint density at radius 1 is 0.921 bits per heavy atom. The number of piperazine rings is 1. The number of pyridine rings is 1. The number of rotatable bonds is 8. The fourth-order valence-electron chi connectivity index (χ4n) is 4.34. The summed E-state index contributed by atoms with van der Waals surface area (Å²) in [5.41, 5.74) is 2.45. The van der Waals surface area contributed by atoms with Crippen LogP contribution in [-0.2, 0) is 4.79 Å². The summed E-state index contributed by atoms with van der Waals surface area (Å²) in [6.45, 7) is 2.06. The topological polar surface area (TPSA) is 104 Å². The number of carbonyl (C=O) groups is 3. The van der Waals surface area contributed by atoms with Gasteiger partial charge in [-0.3, -0.25) is 19.4 Å². The zero-order valence-corrected chi connectivity index (χ0v) is 21.7. The molecule has 2 heterocycles. The van der Waals surface area contributed by atoms with Crippen molar-refractivity contribution in [2.75, 3.05) is 64.2 Å². The summed E-state index contributed by atoms with van der Waals surface area (Å²) in [4.78, 5) is 48.1. The van der Waals surface area contributed by atoms with Gasteiger partial charge in [0.25, 0.3) is 11.8 Å². The molecular weight excluding hydrogens is 486 g/mol. The van der Waals surface area contributed by atoms with Gasteiger partial charge in [-0.2, -0.15) is 0 Å². The maximum Gasteiger partial charge on any atom is 0.257 e. The number of nitrogens with one attached hydrogen (secondary N) is 1. The van der Waals surface area contributed by atoms with Crippen molar-refractivity contribution in [3.63, 3.8) is 0 Å². The molecule has 10 nitrogen and oxygen atoms in total. The summed E-state index contributed by atoms with van der Waals surface area (Å²) in [5.74, 6) is 0.346. The van der Waals surface area contributed by atoms with Gasteiger partial charge in [0.1, 0.15) is 0 Å². The van der Waals surface area contributed by atoms with E-state index in [4.69, 9.17) is 9.47 Å². The van der Waals surface area contributed by atoms with Gasteiger partial charge in [-0.15, -0.1) is 0 Å². The molecule has 2 aromatic carbocycles. The van der Waals surface area contributed by atoms with Crippen molar-refractivity contribution in [1.29, 1.82) is 0 Å². The molecule has 0 saturated carbocycles. The summed E-state index contributed by atoms with van der Waals surface area (Å²) >= 11 is 0.